The van der Waals surface area contributed by atoms with Gasteiger partial charge in [0.2, 0.25) is 17.7 Å². The third-order valence-corrected chi connectivity index (χ3v) is 4.79. The summed E-state index contributed by atoms with van der Waals surface area (Å²) in [5.41, 5.74) is 8.65. The molecule has 1 saturated heterocycles. The molecule has 0 radical (unpaired) electrons. The topological polar surface area (TPSA) is 92.5 Å². The molecule has 3 N–H and O–H groups in total. The third-order valence-electron chi connectivity index (χ3n) is 4.79. The van der Waals surface area contributed by atoms with Crippen molar-refractivity contribution in [3.05, 3.63) is 29.3 Å². The molecule has 1 aliphatic carbocycles. The van der Waals surface area contributed by atoms with Crippen molar-refractivity contribution in [1.29, 1.82) is 0 Å². The number of rotatable bonds is 6. The van der Waals surface area contributed by atoms with Crippen LogP contribution in [0.15, 0.2) is 18.2 Å². The van der Waals surface area contributed by atoms with E-state index >= 15 is 0 Å². The van der Waals surface area contributed by atoms with Gasteiger partial charge < -0.3 is 16.0 Å². The summed E-state index contributed by atoms with van der Waals surface area (Å²) >= 11 is 0. The summed E-state index contributed by atoms with van der Waals surface area (Å²) in [6.45, 7) is 0.824. The van der Waals surface area contributed by atoms with Crippen molar-refractivity contribution in [2.45, 2.75) is 38.5 Å². The van der Waals surface area contributed by atoms with Crippen LogP contribution in [0, 0.1) is 5.92 Å². The Morgan fingerprint density at radius 2 is 2.04 bits per heavy atom. The summed E-state index contributed by atoms with van der Waals surface area (Å²) in [6, 6.07) is 6.17. The van der Waals surface area contributed by atoms with Crippen LogP contribution in [0.2, 0.25) is 0 Å². The molecule has 0 unspecified atom stereocenters. The molecule has 1 aromatic carbocycles. The number of nitrogens with one attached hydrogen (secondary N) is 1. The van der Waals surface area contributed by atoms with Crippen molar-refractivity contribution in [3.63, 3.8) is 0 Å². The lowest BCUT2D eigenvalue weighted by atomic mass is 10.1. The molecule has 0 spiro atoms. The molecule has 0 aromatic heterocycles. The molecule has 2 aliphatic rings. The average Bonchev–Trinajstić information content (AvgIpc) is 3.16. The largest absolute Gasteiger partial charge is 0.370 e. The van der Waals surface area contributed by atoms with Crippen molar-refractivity contribution in [1.82, 2.24) is 5.32 Å². The Morgan fingerprint density at radius 3 is 2.83 bits per heavy atom. The number of hydrogen-bond donors (Lipinski definition) is 2. The van der Waals surface area contributed by atoms with Gasteiger partial charge in [-0.15, -0.1) is 0 Å². The fourth-order valence-corrected chi connectivity index (χ4v) is 3.48. The number of amides is 3. The molecule has 24 heavy (non-hydrogen) atoms. The number of fused-ring (bicyclic) bond motifs is 1. The second-order valence-electron chi connectivity index (χ2n) is 6.57. The van der Waals surface area contributed by atoms with Gasteiger partial charge in [-0.2, -0.15) is 0 Å². The molecule has 6 nitrogen and oxygen atoms in total. The van der Waals surface area contributed by atoms with Gasteiger partial charge >= 0.3 is 0 Å². The molecule has 0 bridgehead atoms. The van der Waals surface area contributed by atoms with Gasteiger partial charge in [-0.1, -0.05) is 6.07 Å². The number of aryl methyl sites for hydroxylation is 2. The van der Waals surface area contributed by atoms with Crippen LogP contribution in [0.25, 0.3) is 0 Å². The fraction of sp³-hybridized carbons (Fsp3) is 0.500. The minimum atomic E-state index is -0.372. The molecule has 1 atom stereocenters. The van der Waals surface area contributed by atoms with Gasteiger partial charge in [0.25, 0.3) is 0 Å². The predicted molar refractivity (Wildman–Crippen MR) is 90.4 cm³/mol. The summed E-state index contributed by atoms with van der Waals surface area (Å²) in [7, 11) is 0. The number of nitrogens with zero attached hydrogens (tertiary/aromatic N) is 1. The Kier molecular flexibility index (Phi) is 4.83. The summed E-state index contributed by atoms with van der Waals surface area (Å²) in [5.74, 6) is -0.843. The predicted octanol–water partition coefficient (Wildman–Crippen LogP) is 0.910. The Labute approximate surface area is 141 Å². The van der Waals surface area contributed by atoms with Crippen LogP contribution in [-0.2, 0) is 27.2 Å². The quantitative estimate of drug-likeness (QED) is 0.760. The van der Waals surface area contributed by atoms with Crippen LogP contribution in [-0.4, -0.2) is 30.8 Å². The summed E-state index contributed by atoms with van der Waals surface area (Å²) in [6.07, 6.45) is 4.36. The highest BCUT2D eigenvalue weighted by Gasteiger charge is 2.35. The number of nitrogens with two attached hydrogens (primary N) is 1. The zero-order valence-corrected chi connectivity index (χ0v) is 13.7. The molecular weight excluding hydrogens is 306 g/mol. The molecule has 3 rings (SSSR count). The molecular formula is C18H23N3O3. The third kappa shape index (κ3) is 3.58. The molecule has 3 amide bonds. The zero-order valence-electron chi connectivity index (χ0n) is 13.7. The maximum atomic E-state index is 12.3. The molecule has 0 saturated carbocycles. The van der Waals surface area contributed by atoms with Crippen LogP contribution in [0.3, 0.4) is 0 Å². The molecule has 1 fully saturated rings. The van der Waals surface area contributed by atoms with Crippen molar-refractivity contribution in [3.8, 4) is 0 Å². The molecule has 128 valence electrons. The molecule has 1 aliphatic heterocycles. The number of primary amides is 1. The van der Waals surface area contributed by atoms with E-state index in [-0.39, 0.29) is 36.5 Å². The van der Waals surface area contributed by atoms with E-state index < -0.39 is 0 Å². The van der Waals surface area contributed by atoms with Gasteiger partial charge in [0.15, 0.2) is 0 Å². The van der Waals surface area contributed by atoms with E-state index in [1.165, 1.54) is 17.5 Å². The number of anilines is 1. The lowest BCUT2D eigenvalue weighted by molar-refractivity contribution is -0.126. The first-order valence-electron chi connectivity index (χ1n) is 8.53. The first kappa shape index (κ1) is 16.5. The lowest BCUT2D eigenvalue weighted by Crippen LogP contribution is -2.33. The highest BCUT2D eigenvalue weighted by atomic mass is 16.2. The second kappa shape index (κ2) is 7.03. The van der Waals surface area contributed by atoms with Crippen LogP contribution in [0.5, 0.6) is 0 Å². The Morgan fingerprint density at radius 1 is 1.25 bits per heavy atom. The number of hydrogen-bond acceptors (Lipinski definition) is 3. The Bertz CT molecular complexity index is 671. The van der Waals surface area contributed by atoms with Gasteiger partial charge in [0.1, 0.15) is 0 Å². The smallest absolute Gasteiger partial charge is 0.227 e. The number of carbonyl (C=O) groups excluding carboxylic acids is 3. The van der Waals surface area contributed by atoms with E-state index in [0.717, 1.165) is 18.5 Å². The first-order valence-corrected chi connectivity index (χ1v) is 8.53. The minimum Gasteiger partial charge on any atom is -0.370 e. The van der Waals surface area contributed by atoms with Gasteiger partial charge in [-0.3, -0.25) is 14.4 Å². The van der Waals surface area contributed by atoms with E-state index in [1.54, 1.807) is 4.90 Å². The van der Waals surface area contributed by atoms with Crippen molar-refractivity contribution in [2.75, 3.05) is 18.0 Å². The van der Waals surface area contributed by atoms with Crippen LogP contribution >= 0.6 is 0 Å². The number of benzene rings is 1. The van der Waals surface area contributed by atoms with E-state index in [4.69, 9.17) is 5.73 Å². The highest BCUT2D eigenvalue weighted by Crippen LogP contribution is 2.30. The van der Waals surface area contributed by atoms with E-state index in [0.29, 0.717) is 19.5 Å². The monoisotopic (exact) mass is 329 g/mol. The van der Waals surface area contributed by atoms with E-state index in [9.17, 15) is 14.4 Å². The zero-order chi connectivity index (χ0) is 17.1. The van der Waals surface area contributed by atoms with Crippen molar-refractivity contribution in [2.24, 2.45) is 11.7 Å². The average molecular weight is 329 g/mol. The highest BCUT2D eigenvalue weighted by molar-refractivity contribution is 6.00. The van der Waals surface area contributed by atoms with Gasteiger partial charge in [0, 0.05) is 31.6 Å². The summed E-state index contributed by atoms with van der Waals surface area (Å²) < 4.78 is 0. The second-order valence-corrected chi connectivity index (χ2v) is 6.57. The van der Waals surface area contributed by atoms with Gasteiger partial charge in [-0.25, -0.2) is 0 Å². The van der Waals surface area contributed by atoms with E-state index in [2.05, 4.69) is 17.4 Å². The lowest BCUT2D eigenvalue weighted by Gasteiger charge is -2.18. The summed E-state index contributed by atoms with van der Waals surface area (Å²) in [4.78, 5) is 36.9. The van der Waals surface area contributed by atoms with Gasteiger partial charge in [0.05, 0.1) is 5.92 Å². The first-order chi connectivity index (χ1) is 11.5. The maximum Gasteiger partial charge on any atom is 0.227 e. The normalized spacial score (nSPS) is 19.4. The van der Waals surface area contributed by atoms with E-state index in [1.807, 2.05) is 6.07 Å². The Hall–Kier alpha value is -2.37. The summed E-state index contributed by atoms with van der Waals surface area (Å²) in [5, 5.41) is 2.79. The van der Waals surface area contributed by atoms with Crippen LogP contribution in [0.1, 0.15) is 36.8 Å². The van der Waals surface area contributed by atoms with Crippen molar-refractivity contribution < 1.29 is 14.4 Å². The fourth-order valence-electron chi connectivity index (χ4n) is 3.48. The minimum absolute atomic E-state index is 0.00904. The standard InChI is InChI=1S/C18H23N3O3/c19-16(22)5-2-8-20-18(24)14-10-17(23)21(11-14)15-7-6-12-3-1-4-13(12)9-15/h6-7,9,14H,1-5,8,10-11H2,(H2,19,22)(H,20,24)/t14-/m0/s1. The molecule has 6 heteroatoms. The molecule has 1 heterocycles. The van der Waals surface area contributed by atoms with Crippen LogP contribution in [0.4, 0.5) is 5.69 Å². The molecule has 1 aromatic rings. The number of carbonyl (C=O) groups is 3. The van der Waals surface area contributed by atoms with Gasteiger partial charge in [-0.05, 0) is 48.9 Å². The van der Waals surface area contributed by atoms with Crippen LogP contribution < -0.4 is 16.0 Å². The SMILES string of the molecule is NC(=O)CCCNC(=O)[C@H]1CC(=O)N(c2ccc3c(c2)CCC3)C1. The Balaban J connectivity index is 1.57. The maximum absolute atomic E-state index is 12.3. The van der Waals surface area contributed by atoms with Crippen molar-refractivity contribution >= 4 is 23.4 Å².